The molecule has 27 heavy (non-hydrogen) atoms. The molecule has 2 N–H and O–H groups in total. The van der Waals surface area contributed by atoms with E-state index in [1.807, 2.05) is 40.3 Å². The molecule has 2 fully saturated rings. The van der Waals surface area contributed by atoms with E-state index >= 15 is 0 Å². The Labute approximate surface area is 159 Å². The predicted molar refractivity (Wildman–Crippen MR) is 103 cm³/mol. The van der Waals surface area contributed by atoms with E-state index in [-0.39, 0.29) is 23.8 Å². The second-order valence-electron chi connectivity index (χ2n) is 7.96. The summed E-state index contributed by atoms with van der Waals surface area (Å²) in [4.78, 5) is 32.1. The fourth-order valence-corrected chi connectivity index (χ4v) is 4.53. The fourth-order valence-electron chi connectivity index (χ4n) is 4.53. The number of piperidine rings is 2. The molecule has 4 rings (SSSR count). The second kappa shape index (κ2) is 7.35. The highest BCUT2D eigenvalue weighted by Crippen LogP contribution is 2.40. The Bertz CT molecular complexity index is 836. The minimum Gasteiger partial charge on any atom is -0.396 e. The van der Waals surface area contributed by atoms with Crippen LogP contribution in [0.1, 0.15) is 42.5 Å². The highest BCUT2D eigenvalue weighted by Gasteiger charge is 2.41. The third-order valence-electron chi connectivity index (χ3n) is 6.25. The normalized spacial score (nSPS) is 19.8. The van der Waals surface area contributed by atoms with E-state index in [0.717, 1.165) is 55.4 Å². The van der Waals surface area contributed by atoms with Crippen LogP contribution in [0.5, 0.6) is 0 Å². The third kappa shape index (κ3) is 3.58. The van der Waals surface area contributed by atoms with Crippen LogP contribution in [0, 0.1) is 5.41 Å². The zero-order valence-electron chi connectivity index (χ0n) is 15.6. The minimum atomic E-state index is 0.0944. The van der Waals surface area contributed by atoms with Gasteiger partial charge in [-0.2, -0.15) is 0 Å². The fraction of sp³-hybridized carbons (Fsp3) is 0.524. The predicted octanol–water partition coefficient (Wildman–Crippen LogP) is 2.40. The van der Waals surface area contributed by atoms with Gasteiger partial charge in [0.2, 0.25) is 5.91 Å². The number of nitrogens with zero attached hydrogens (tertiary/aromatic N) is 2. The molecule has 6 nitrogen and oxygen atoms in total. The van der Waals surface area contributed by atoms with Gasteiger partial charge in [0.05, 0.1) is 0 Å². The number of benzene rings is 1. The molecule has 0 atom stereocenters. The van der Waals surface area contributed by atoms with Gasteiger partial charge in [0.1, 0.15) is 0 Å². The summed E-state index contributed by atoms with van der Waals surface area (Å²) < 4.78 is 0. The summed E-state index contributed by atoms with van der Waals surface area (Å²) in [5.41, 5.74) is 1.91. The highest BCUT2D eigenvalue weighted by atomic mass is 16.3. The van der Waals surface area contributed by atoms with Crippen LogP contribution in [-0.2, 0) is 4.79 Å². The van der Waals surface area contributed by atoms with Gasteiger partial charge in [-0.15, -0.1) is 0 Å². The quantitative estimate of drug-likeness (QED) is 0.869. The Balaban J connectivity index is 1.40. The standard InChI is InChI=1S/C21H27N3O3/c25-13-1-10-24-15-21(6-4-19(24)26)7-11-23(12-8-21)20(27)17-2-3-18-16(14-17)5-9-22-18/h2-3,5,9,14,22,25H,1,4,6-8,10-13,15H2. The number of amides is 2. The second-order valence-corrected chi connectivity index (χ2v) is 7.96. The SMILES string of the molecule is O=C1CCC2(CCN(C(=O)c3ccc4[nH]ccc4c3)CC2)CN1CCCO. The number of aromatic amines is 1. The largest absolute Gasteiger partial charge is 0.396 e. The number of carbonyl (C=O) groups is 2. The molecule has 0 radical (unpaired) electrons. The molecule has 6 heteroatoms. The number of rotatable bonds is 4. The molecule has 2 aromatic rings. The summed E-state index contributed by atoms with van der Waals surface area (Å²) in [5.74, 6) is 0.296. The number of aliphatic hydroxyl groups excluding tert-OH is 1. The van der Waals surface area contributed by atoms with Gasteiger partial charge >= 0.3 is 0 Å². The first-order valence-corrected chi connectivity index (χ1v) is 9.85. The molecule has 2 saturated heterocycles. The molecule has 144 valence electrons. The van der Waals surface area contributed by atoms with Crippen molar-refractivity contribution in [3.8, 4) is 0 Å². The maximum atomic E-state index is 12.9. The van der Waals surface area contributed by atoms with Gasteiger partial charge in [-0.3, -0.25) is 9.59 Å². The number of aliphatic hydroxyl groups is 1. The molecule has 1 spiro atoms. The molecular weight excluding hydrogens is 342 g/mol. The van der Waals surface area contributed by atoms with Crippen LogP contribution in [0.25, 0.3) is 10.9 Å². The van der Waals surface area contributed by atoms with Crippen LogP contribution in [-0.4, -0.2) is 64.5 Å². The van der Waals surface area contributed by atoms with E-state index in [0.29, 0.717) is 19.4 Å². The van der Waals surface area contributed by atoms with E-state index in [4.69, 9.17) is 5.11 Å². The average molecular weight is 369 g/mol. The number of aromatic nitrogens is 1. The Morgan fingerprint density at radius 1 is 1.19 bits per heavy atom. The molecule has 0 unspecified atom stereocenters. The zero-order chi connectivity index (χ0) is 18.9. The van der Waals surface area contributed by atoms with Crippen molar-refractivity contribution in [1.82, 2.24) is 14.8 Å². The first kappa shape index (κ1) is 18.0. The van der Waals surface area contributed by atoms with E-state index < -0.39 is 0 Å². The van der Waals surface area contributed by atoms with Crippen molar-refractivity contribution in [3.05, 3.63) is 36.0 Å². The van der Waals surface area contributed by atoms with E-state index in [1.54, 1.807) is 0 Å². The number of hydrogen-bond donors (Lipinski definition) is 2. The first-order valence-electron chi connectivity index (χ1n) is 9.85. The zero-order valence-corrected chi connectivity index (χ0v) is 15.6. The molecule has 1 aromatic heterocycles. The molecule has 3 heterocycles. The van der Waals surface area contributed by atoms with E-state index in [1.165, 1.54) is 0 Å². The van der Waals surface area contributed by atoms with Gasteiger partial charge in [-0.05, 0) is 55.4 Å². The van der Waals surface area contributed by atoms with Crippen LogP contribution in [0.3, 0.4) is 0 Å². The minimum absolute atomic E-state index is 0.0944. The van der Waals surface area contributed by atoms with Gasteiger partial charge in [-0.25, -0.2) is 0 Å². The lowest BCUT2D eigenvalue weighted by atomic mass is 9.72. The van der Waals surface area contributed by atoms with Crippen molar-refractivity contribution in [2.75, 3.05) is 32.8 Å². The topological polar surface area (TPSA) is 76.6 Å². The van der Waals surface area contributed by atoms with Crippen molar-refractivity contribution in [2.24, 2.45) is 5.41 Å². The Morgan fingerprint density at radius 3 is 2.78 bits per heavy atom. The third-order valence-corrected chi connectivity index (χ3v) is 6.25. The lowest BCUT2D eigenvalue weighted by Gasteiger charge is -2.47. The number of H-pyrrole nitrogens is 1. The maximum Gasteiger partial charge on any atom is 0.253 e. The van der Waals surface area contributed by atoms with Crippen molar-refractivity contribution < 1.29 is 14.7 Å². The molecule has 0 bridgehead atoms. The number of hydrogen-bond acceptors (Lipinski definition) is 3. The van der Waals surface area contributed by atoms with Crippen molar-refractivity contribution in [3.63, 3.8) is 0 Å². The monoisotopic (exact) mass is 369 g/mol. The lowest BCUT2D eigenvalue weighted by Crippen LogP contribution is -2.52. The summed E-state index contributed by atoms with van der Waals surface area (Å²) in [6.45, 7) is 3.00. The average Bonchev–Trinajstić information content (AvgIpc) is 3.17. The molecule has 1 aromatic carbocycles. The van der Waals surface area contributed by atoms with Gasteiger partial charge in [0, 0.05) is 61.9 Å². The summed E-state index contributed by atoms with van der Waals surface area (Å²) in [7, 11) is 0. The maximum absolute atomic E-state index is 12.9. The molecule has 2 aliphatic rings. The summed E-state index contributed by atoms with van der Waals surface area (Å²) in [6, 6.07) is 7.78. The van der Waals surface area contributed by atoms with Crippen molar-refractivity contribution in [2.45, 2.75) is 32.1 Å². The summed E-state index contributed by atoms with van der Waals surface area (Å²) in [6.07, 6.45) is 5.90. The van der Waals surface area contributed by atoms with Crippen molar-refractivity contribution in [1.29, 1.82) is 0 Å². The van der Waals surface area contributed by atoms with E-state index in [9.17, 15) is 9.59 Å². The van der Waals surface area contributed by atoms with Crippen LogP contribution in [0.15, 0.2) is 30.5 Å². The molecule has 2 aliphatic heterocycles. The highest BCUT2D eigenvalue weighted by molar-refractivity contribution is 5.98. The van der Waals surface area contributed by atoms with Gasteiger partial charge in [0.25, 0.3) is 5.91 Å². The van der Waals surface area contributed by atoms with E-state index in [2.05, 4.69) is 4.98 Å². The van der Waals surface area contributed by atoms with Gasteiger partial charge in [-0.1, -0.05) is 0 Å². The van der Waals surface area contributed by atoms with Gasteiger partial charge in [0.15, 0.2) is 0 Å². The Morgan fingerprint density at radius 2 is 2.00 bits per heavy atom. The van der Waals surface area contributed by atoms with Crippen LogP contribution >= 0.6 is 0 Å². The molecule has 0 aliphatic carbocycles. The van der Waals surface area contributed by atoms with Gasteiger partial charge < -0.3 is 19.9 Å². The Hall–Kier alpha value is -2.34. The number of fused-ring (bicyclic) bond motifs is 1. The lowest BCUT2D eigenvalue weighted by molar-refractivity contribution is -0.139. The number of nitrogens with one attached hydrogen (secondary N) is 1. The van der Waals surface area contributed by atoms with Crippen molar-refractivity contribution >= 4 is 22.7 Å². The van der Waals surface area contributed by atoms with Crippen LogP contribution in [0.4, 0.5) is 0 Å². The first-order chi connectivity index (χ1) is 13.1. The molecule has 2 amide bonds. The molecular formula is C21H27N3O3. The Kier molecular flexibility index (Phi) is 4.91. The number of likely N-dealkylation sites (tertiary alicyclic amines) is 2. The van der Waals surface area contributed by atoms with Crippen LogP contribution < -0.4 is 0 Å². The summed E-state index contributed by atoms with van der Waals surface area (Å²) >= 11 is 0. The smallest absolute Gasteiger partial charge is 0.253 e. The molecule has 0 saturated carbocycles. The number of carbonyl (C=O) groups excluding carboxylic acids is 2. The summed E-state index contributed by atoms with van der Waals surface area (Å²) in [5, 5.41) is 10.1. The van der Waals surface area contributed by atoms with Crippen LogP contribution in [0.2, 0.25) is 0 Å².